The number of phenolic OH excluding ortho intramolecular Hbond substituents is 3. The van der Waals surface area contributed by atoms with Crippen LogP contribution in [-0.2, 0) is 18.9 Å². The SMILES string of the molecule is CC1O[C@@H](Oc2cc(O)c3c(=O)c(O[C@@H]4OC(CO)[C@@H](O)C(O)C4O[C@@H]4OC[C@@H](O)C(O)[C@H]4O)c(-c4ccc(O)c(O)c4)oc3c2)C(O)[C@@H](O)[C@H]1O. The van der Waals surface area contributed by atoms with Crippen molar-refractivity contribution < 1.29 is 94.1 Å². The van der Waals surface area contributed by atoms with Gasteiger partial charge in [-0.05, 0) is 25.1 Å². The summed E-state index contributed by atoms with van der Waals surface area (Å²) in [7, 11) is 0. The topological polar surface area (TPSA) is 328 Å². The van der Waals surface area contributed by atoms with Gasteiger partial charge in [-0.3, -0.25) is 4.79 Å². The summed E-state index contributed by atoms with van der Waals surface area (Å²) in [5.74, 6) is -3.48. The first kappa shape index (κ1) is 37.9. The summed E-state index contributed by atoms with van der Waals surface area (Å²) in [6, 6.07) is 5.28. The standard InChI is InChI=1S/C32H38O20/c1-9-19(38)23(42)26(45)31(47-9)48-11-5-14(36)18-16(6-11)49-27(10-2-3-12(34)13(35)4-10)28(22(18)41)51-32-29(24(43)21(40)17(7-33)50-32)52-30-25(44)20(39)15(37)8-46-30/h2-6,9,15,17,19-21,23-26,29-40,42-45H,7-8H2,1H3/t9?,15-,17?,19+,20?,21-,23+,24?,25-,26?,29?,30+,31+,32+/m1/s1. The molecule has 1 aromatic heterocycles. The van der Waals surface area contributed by atoms with Crippen LogP contribution in [0.1, 0.15) is 6.92 Å². The van der Waals surface area contributed by atoms with Gasteiger partial charge < -0.3 is 94.1 Å². The first-order valence-electron chi connectivity index (χ1n) is 15.9. The molecule has 6 unspecified atom stereocenters. The fourth-order valence-corrected chi connectivity index (χ4v) is 6.00. The highest BCUT2D eigenvalue weighted by atomic mass is 16.8. The smallest absolute Gasteiger partial charge is 0.239 e. The Labute approximate surface area is 292 Å². The normalized spacial score (nSPS) is 36.8. The Bertz CT molecular complexity index is 1800. The number of aliphatic hydroxyl groups is 9. The molecule has 6 rings (SSSR count). The Kier molecular flexibility index (Phi) is 10.8. The van der Waals surface area contributed by atoms with E-state index in [0.29, 0.717) is 0 Å². The number of hydrogen-bond donors (Lipinski definition) is 12. The van der Waals surface area contributed by atoms with Crippen LogP contribution in [0.25, 0.3) is 22.3 Å². The van der Waals surface area contributed by atoms with E-state index in [1.165, 1.54) is 13.0 Å². The van der Waals surface area contributed by atoms with Crippen molar-refractivity contribution >= 4 is 11.0 Å². The maximum atomic E-state index is 14.2. The number of rotatable bonds is 8. The first-order valence-corrected chi connectivity index (χ1v) is 15.9. The van der Waals surface area contributed by atoms with E-state index >= 15 is 0 Å². The summed E-state index contributed by atoms with van der Waals surface area (Å²) in [5, 5.41) is 123. The quantitative estimate of drug-likeness (QED) is 0.0993. The van der Waals surface area contributed by atoms with Gasteiger partial charge in [-0.2, -0.15) is 0 Å². The molecule has 3 saturated heterocycles. The van der Waals surface area contributed by atoms with Crippen molar-refractivity contribution in [2.45, 2.75) is 92.9 Å². The van der Waals surface area contributed by atoms with Crippen LogP contribution >= 0.6 is 0 Å². The zero-order valence-corrected chi connectivity index (χ0v) is 27.0. The van der Waals surface area contributed by atoms with E-state index in [9.17, 15) is 66.1 Å². The summed E-state index contributed by atoms with van der Waals surface area (Å²) in [6.07, 6.45) is -23.3. The van der Waals surface area contributed by atoms with Gasteiger partial charge in [-0.25, -0.2) is 0 Å². The Morgan fingerprint density at radius 2 is 1.44 bits per heavy atom. The van der Waals surface area contributed by atoms with Gasteiger partial charge in [0.2, 0.25) is 23.8 Å². The van der Waals surface area contributed by atoms with E-state index in [1.54, 1.807) is 0 Å². The second kappa shape index (κ2) is 14.9. The Balaban J connectivity index is 1.43. The van der Waals surface area contributed by atoms with Crippen molar-refractivity contribution in [2.75, 3.05) is 13.2 Å². The zero-order chi connectivity index (χ0) is 37.8. The van der Waals surface area contributed by atoms with E-state index in [0.717, 1.165) is 24.3 Å². The zero-order valence-electron chi connectivity index (χ0n) is 27.0. The average molecular weight is 743 g/mol. The van der Waals surface area contributed by atoms with Crippen molar-refractivity contribution in [3.63, 3.8) is 0 Å². The Morgan fingerprint density at radius 3 is 2.13 bits per heavy atom. The lowest BCUT2D eigenvalue weighted by molar-refractivity contribution is -0.345. The van der Waals surface area contributed by atoms with Crippen LogP contribution in [0.5, 0.6) is 28.7 Å². The van der Waals surface area contributed by atoms with Crippen molar-refractivity contribution in [1.29, 1.82) is 0 Å². The largest absolute Gasteiger partial charge is 0.507 e. The molecule has 2 aromatic carbocycles. The molecule has 4 heterocycles. The second-order valence-electron chi connectivity index (χ2n) is 12.6. The Morgan fingerprint density at radius 1 is 0.731 bits per heavy atom. The molecular weight excluding hydrogens is 704 g/mol. The molecule has 0 spiro atoms. The van der Waals surface area contributed by atoms with E-state index in [-0.39, 0.29) is 16.9 Å². The summed E-state index contributed by atoms with van der Waals surface area (Å²) in [6.45, 7) is 0.0299. The molecule has 3 fully saturated rings. The number of aliphatic hydroxyl groups excluding tert-OH is 9. The fraction of sp³-hybridized carbons (Fsp3) is 0.531. The first-order chi connectivity index (χ1) is 24.6. The highest BCUT2D eigenvalue weighted by Gasteiger charge is 2.50. The predicted octanol–water partition coefficient (Wildman–Crippen LogP) is -3.57. The molecule has 0 saturated carbocycles. The fourth-order valence-electron chi connectivity index (χ4n) is 6.00. The third-order valence-electron chi connectivity index (χ3n) is 9.01. The second-order valence-corrected chi connectivity index (χ2v) is 12.6. The number of aromatic hydroxyl groups is 3. The van der Waals surface area contributed by atoms with Crippen molar-refractivity contribution in [3.05, 3.63) is 40.6 Å². The van der Waals surface area contributed by atoms with E-state index in [1.807, 2.05) is 0 Å². The lowest BCUT2D eigenvalue weighted by Gasteiger charge is -2.44. The van der Waals surface area contributed by atoms with E-state index < -0.39 is 139 Å². The van der Waals surface area contributed by atoms with Crippen LogP contribution in [0.15, 0.2) is 39.5 Å². The van der Waals surface area contributed by atoms with Gasteiger partial charge in [-0.1, -0.05) is 0 Å². The van der Waals surface area contributed by atoms with Crippen molar-refractivity contribution in [3.8, 4) is 40.1 Å². The van der Waals surface area contributed by atoms with E-state index in [2.05, 4.69) is 0 Å². The lowest BCUT2D eigenvalue weighted by atomic mass is 9.98. The lowest BCUT2D eigenvalue weighted by Crippen LogP contribution is -2.64. The summed E-state index contributed by atoms with van der Waals surface area (Å²) in [5.41, 5.74) is -1.59. The van der Waals surface area contributed by atoms with Gasteiger partial charge in [0.1, 0.15) is 77.4 Å². The molecule has 3 aliphatic rings. The van der Waals surface area contributed by atoms with Gasteiger partial charge >= 0.3 is 0 Å². The number of benzene rings is 2. The monoisotopic (exact) mass is 742 g/mol. The Hall–Kier alpha value is -3.87. The van der Waals surface area contributed by atoms with Gasteiger partial charge in [-0.15, -0.1) is 0 Å². The van der Waals surface area contributed by atoms with Crippen LogP contribution in [0.4, 0.5) is 0 Å². The van der Waals surface area contributed by atoms with Crippen LogP contribution in [0.3, 0.4) is 0 Å². The minimum atomic E-state index is -1.96. The maximum Gasteiger partial charge on any atom is 0.239 e. The third kappa shape index (κ3) is 6.97. The molecular formula is C32H38O20. The number of hydrogen-bond acceptors (Lipinski definition) is 20. The molecule has 20 nitrogen and oxygen atoms in total. The van der Waals surface area contributed by atoms with Crippen LogP contribution in [0, 0.1) is 0 Å². The summed E-state index contributed by atoms with van der Waals surface area (Å²) >= 11 is 0. The number of ether oxygens (including phenoxy) is 6. The molecule has 3 aromatic rings. The highest BCUT2D eigenvalue weighted by molar-refractivity contribution is 5.88. The third-order valence-corrected chi connectivity index (χ3v) is 9.01. The van der Waals surface area contributed by atoms with E-state index in [4.69, 9.17) is 32.8 Å². The van der Waals surface area contributed by atoms with Gasteiger partial charge in [0.15, 0.2) is 29.7 Å². The molecule has 0 radical (unpaired) electrons. The van der Waals surface area contributed by atoms with Crippen LogP contribution in [-0.4, -0.2) is 161 Å². The molecule has 0 amide bonds. The van der Waals surface area contributed by atoms with Crippen molar-refractivity contribution in [2.24, 2.45) is 0 Å². The number of phenols is 3. The minimum Gasteiger partial charge on any atom is -0.507 e. The minimum absolute atomic E-state index is 0.109. The van der Waals surface area contributed by atoms with Crippen molar-refractivity contribution in [1.82, 2.24) is 0 Å². The maximum absolute atomic E-state index is 14.2. The molecule has 12 N–H and O–H groups in total. The molecule has 286 valence electrons. The number of fused-ring (bicyclic) bond motifs is 1. The summed E-state index contributed by atoms with van der Waals surface area (Å²) < 4.78 is 39.5. The molecule has 52 heavy (non-hydrogen) atoms. The molecule has 20 heteroatoms. The van der Waals surface area contributed by atoms with Crippen LogP contribution in [0.2, 0.25) is 0 Å². The molecule has 0 bridgehead atoms. The average Bonchev–Trinajstić information content (AvgIpc) is 3.11. The predicted molar refractivity (Wildman–Crippen MR) is 167 cm³/mol. The molecule has 0 aliphatic carbocycles. The molecule has 3 aliphatic heterocycles. The highest BCUT2D eigenvalue weighted by Crippen LogP contribution is 2.40. The van der Waals surface area contributed by atoms with Crippen LogP contribution < -0.4 is 14.9 Å². The van der Waals surface area contributed by atoms with Gasteiger partial charge in [0.05, 0.1) is 19.3 Å². The van der Waals surface area contributed by atoms with Gasteiger partial charge in [0.25, 0.3) is 0 Å². The van der Waals surface area contributed by atoms with Gasteiger partial charge in [0, 0.05) is 17.7 Å². The summed E-state index contributed by atoms with van der Waals surface area (Å²) in [4.78, 5) is 14.2. The molecule has 14 atom stereocenters.